The Labute approximate surface area is 185 Å². The van der Waals surface area contributed by atoms with E-state index < -0.39 is 6.04 Å². The number of rotatable bonds is 10. The Bertz CT molecular complexity index is 835. The Morgan fingerprint density at radius 2 is 1.63 bits per heavy atom. The van der Waals surface area contributed by atoms with Gasteiger partial charge in [-0.25, -0.2) is 0 Å². The summed E-state index contributed by atoms with van der Waals surface area (Å²) in [6, 6.07) is 15.3. The first-order chi connectivity index (χ1) is 14.3. The molecule has 0 bridgehead atoms. The second-order valence-electron chi connectivity index (χ2n) is 7.78. The number of carbonyl (C=O) groups is 2. The molecule has 0 saturated carbocycles. The van der Waals surface area contributed by atoms with E-state index in [4.69, 9.17) is 11.6 Å². The molecule has 0 fully saturated rings. The Morgan fingerprint density at radius 3 is 2.23 bits per heavy atom. The minimum Gasteiger partial charge on any atom is -0.352 e. The van der Waals surface area contributed by atoms with E-state index in [0.717, 1.165) is 24.0 Å². The van der Waals surface area contributed by atoms with Gasteiger partial charge >= 0.3 is 0 Å². The molecule has 2 amide bonds. The molecule has 4 nitrogen and oxygen atoms in total. The summed E-state index contributed by atoms with van der Waals surface area (Å²) >= 11 is 6.33. The van der Waals surface area contributed by atoms with Gasteiger partial charge in [0.1, 0.15) is 6.04 Å². The molecule has 30 heavy (non-hydrogen) atoms. The van der Waals surface area contributed by atoms with E-state index in [1.54, 1.807) is 17.9 Å². The van der Waals surface area contributed by atoms with Crippen molar-refractivity contribution in [2.75, 3.05) is 0 Å². The molecule has 0 aliphatic heterocycles. The van der Waals surface area contributed by atoms with Gasteiger partial charge in [0, 0.05) is 24.0 Å². The van der Waals surface area contributed by atoms with Crippen molar-refractivity contribution < 1.29 is 9.59 Å². The Balaban J connectivity index is 2.14. The highest BCUT2D eigenvalue weighted by atomic mass is 35.5. The summed E-state index contributed by atoms with van der Waals surface area (Å²) < 4.78 is 0. The van der Waals surface area contributed by atoms with Crippen molar-refractivity contribution in [2.45, 2.75) is 72.0 Å². The molecule has 0 radical (unpaired) electrons. The number of halogens is 1. The molecular formula is C25H33ClN2O2. The number of carbonyl (C=O) groups excluding carboxylic acids is 2. The lowest BCUT2D eigenvalue weighted by atomic mass is 10.0. The van der Waals surface area contributed by atoms with E-state index in [-0.39, 0.29) is 17.9 Å². The fourth-order valence-corrected chi connectivity index (χ4v) is 3.39. The van der Waals surface area contributed by atoms with Gasteiger partial charge in [0.05, 0.1) is 0 Å². The number of nitrogens with one attached hydrogen (secondary N) is 1. The molecule has 2 atom stereocenters. The average molecular weight is 429 g/mol. The number of amides is 2. The lowest BCUT2D eigenvalue weighted by molar-refractivity contribution is -0.140. The highest BCUT2D eigenvalue weighted by Crippen LogP contribution is 2.20. The lowest BCUT2D eigenvalue weighted by Gasteiger charge is -2.30. The maximum Gasteiger partial charge on any atom is 0.242 e. The summed E-state index contributed by atoms with van der Waals surface area (Å²) in [5, 5.41) is 3.58. The molecule has 0 aromatic heterocycles. The van der Waals surface area contributed by atoms with Gasteiger partial charge < -0.3 is 10.2 Å². The van der Waals surface area contributed by atoms with Crippen LogP contribution in [0.25, 0.3) is 0 Å². The van der Waals surface area contributed by atoms with Crippen molar-refractivity contribution >= 4 is 23.4 Å². The van der Waals surface area contributed by atoms with Gasteiger partial charge in [-0.3, -0.25) is 9.59 Å². The Hall–Kier alpha value is -2.33. The highest BCUT2D eigenvalue weighted by molar-refractivity contribution is 6.31. The standard InChI is InChI=1S/C25H33ClN2O2/c1-5-18(3)27-25(30)19(4)28(17-22-9-7-8-10-23(22)26)24(29)16-15-21-13-11-20(6-2)12-14-21/h7-14,18-19H,5-6,15-17H2,1-4H3,(H,27,30)/t18-,19-/m1/s1. The van der Waals surface area contributed by atoms with Crippen molar-refractivity contribution in [2.24, 2.45) is 0 Å². The van der Waals surface area contributed by atoms with Crippen LogP contribution < -0.4 is 5.32 Å². The van der Waals surface area contributed by atoms with E-state index in [1.165, 1.54) is 5.56 Å². The molecule has 162 valence electrons. The minimum atomic E-state index is -0.578. The van der Waals surface area contributed by atoms with Crippen molar-refractivity contribution in [3.63, 3.8) is 0 Å². The van der Waals surface area contributed by atoms with Crippen LogP contribution in [0.2, 0.25) is 5.02 Å². The fraction of sp³-hybridized carbons (Fsp3) is 0.440. The number of hydrogen-bond donors (Lipinski definition) is 1. The minimum absolute atomic E-state index is 0.0544. The second-order valence-corrected chi connectivity index (χ2v) is 8.18. The molecule has 0 aliphatic rings. The average Bonchev–Trinajstić information content (AvgIpc) is 2.76. The lowest BCUT2D eigenvalue weighted by Crippen LogP contribution is -2.49. The summed E-state index contributed by atoms with van der Waals surface area (Å²) in [5.41, 5.74) is 3.23. The number of nitrogens with zero attached hydrogens (tertiary/aromatic N) is 1. The van der Waals surface area contributed by atoms with Crippen LogP contribution in [0.15, 0.2) is 48.5 Å². The van der Waals surface area contributed by atoms with Crippen LogP contribution in [-0.4, -0.2) is 28.8 Å². The molecular weight excluding hydrogens is 396 g/mol. The smallest absolute Gasteiger partial charge is 0.242 e. The van der Waals surface area contributed by atoms with Crippen molar-refractivity contribution in [1.29, 1.82) is 0 Å². The molecule has 2 rings (SSSR count). The first-order valence-corrected chi connectivity index (χ1v) is 11.1. The van der Waals surface area contributed by atoms with Gasteiger partial charge in [0.2, 0.25) is 11.8 Å². The zero-order valence-corrected chi connectivity index (χ0v) is 19.2. The van der Waals surface area contributed by atoms with E-state index in [1.807, 2.05) is 32.0 Å². The van der Waals surface area contributed by atoms with Crippen molar-refractivity contribution in [3.8, 4) is 0 Å². The van der Waals surface area contributed by atoms with Gasteiger partial charge in [0.25, 0.3) is 0 Å². The topological polar surface area (TPSA) is 49.4 Å². The number of benzene rings is 2. The quantitative estimate of drug-likeness (QED) is 0.567. The largest absolute Gasteiger partial charge is 0.352 e. The first-order valence-electron chi connectivity index (χ1n) is 10.8. The third kappa shape index (κ3) is 6.88. The SMILES string of the molecule is CCc1ccc(CCC(=O)N(Cc2ccccc2Cl)[C@H](C)C(=O)N[C@H](C)CC)cc1. The van der Waals surface area contributed by atoms with Crippen LogP contribution in [0.1, 0.15) is 57.2 Å². The van der Waals surface area contributed by atoms with E-state index in [2.05, 4.69) is 36.5 Å². The molecule has 0 spiro atoms. The van der Waals surface area contributed by atoms with Crippen LogP contribution in [0.3, 0.4) is 0 Å². The molecule has 0 saturated heterocycles. The van der Waals surface area contributed by atoms with Gasteiger partial charge in [-0.2, -0.15) is 0 Å². The number of hydrogen-bond acceptors (Lipinski definition) is 2. The third-order valence-electron chi connectivity index (χ3n) is 5.53. The van der Waals surface area contributed by atoms with Gasteiger partial charge in [-0.1, -0.05) is 67.9 Å². The summed E-state index contributed by atoms with van der Waals surface area (Å²) in [5.74, 6) is -0.196. The summed E-state index contributed by atoms with van der Waals surface area (Å²) in [6.07, 6.45) is 2.82. The molecule has 2 aromatic carbocycles. The summed E-state index contributed by atoms with van der Waals surface area (Å²) in [6.45, 7) is 8.19. The van der Waals surface area contributed by atoms with Gasteiger partial charge in [-0.15, -0.1) is 0 Å². The maximum atomic E-state index is 13.2. The number of aryl methyl sites for hydroxylation is 2. The van der Waals surface area contributed by atoms with E-state index in [0.29, 0.717) is 24.4 Å². The van der Waals surface area contributed by atoms with Crippen molar-refractivity contribution in [1.82, 2.24) is 10.2 Å². The van der Waals surface area contributed by atoms with Crippen LogP contribution >= 0.6 is 11.6 Å². The molecule has 1 N–H and O–H groups in total. The van der Waals surface area contributed by atoms with E-state index >= 15 is 0 Å². The Kier molecular flexibility index (Phi) is 9.38. The predicted molar refractivity (Wildman–Crippen MR) is 124 cm³/mol. The zero-order chi connectivity index (χ0) is 22.1. The fourth-order valence-electron chi connectivity index (χ4n) is 3.19. The molecule has 0 unspecified atom stereocenters. The molecule has 0 heterocycles. The van der Waals surface area contributed by atoms with Crippen LogP contribution in [-0.2, 0) is 29.0 Å². The molecule has 0 aliphatic carbocycles. The first kappa shape index (κ1) is 23.9. The normalized spacial score (nSPS) is 12.8. The second kappa shape index (κ2) is 11.8. The predicted octanol–water partition coefficient (Wildman–Crippen LogP) is 5.17. The molecule has 2 aromatic rings. The summed E-state index contributed by atoms with van der Waals surface area (Å²) in [7, 11) is 0. The monoisotopic (exact) mass is 428 g/mol. The highest BCUT2D eigenvalue weighted by Gasteiger charge is 2.27. The van der Waals surface area contributed by atoms with Crippen molar-refractivity contribution in [3.05, 3.63) is 70.2 Å². The Morgan fingerprint density at radius 1 is 1.00 bits per heavy atom. The third-order valence-corrected chi connectivity index (χ3v) is 5.89. The van der Waals surface area contributed by atoms with Crippen LogP contribution in [0.4, 0.5) is 0 Å². The summed E-state index contributed by atoms with van der Waals surface area (Å²) in [4.78, 5) is 27.5. The van der Waals surface area contributed by atoms with Crippen LogP contribution in [0, 0.1) is 0 Å². The van der Waals surface area contributed by atoms with E-state index in [9.17, 15) is 9.59 Å². The van der Waals surface area contributed by atoms with Gasteiger partial charge in [-0.05, 0) is 55.9 Å². The van der Waals surface area contributed by atoms with Gasteiger partial charge in [0.15, 0.2) is 0 Å². The van der Waals surface area contributed by atoms with Crippen LogP contribution in [0.5, 0.6) is 0 Å². The maximum absolute atomic E-state index is 13.2. The zero-order valence-electron chi connectivity index (χ0n) is 18.5. The molecule has 5 heteroatoms.